The lowest BCUT2D eigenvalue weighted by molar-refractivity contribution is -0.139. The van der Waals surface area contributed by atoms with Crippen LogP contribution >= 0.6 is 0 Å². The van der Waals surface area contributed by atoms with E-state index < -0.39 is 0 Å². The van der Waals surface area contributed by atoms with Crippen LogP contribution in [0.25, 0.3) is 11.4 Å². The van der Waals surface area contributed by atoms with E-state index in [4.69, 9.17) is 4.74 Å². The maximum Gasteiger partial charge on any atom is 0.251 e. The van der Waals surface area contributed by atoms with Crippen LogP contribution in [0.1, 0.15) is 54.1 Å². The highest BCUT2D eigenvalue weighted by Gasteiger charge is 2.48. The number of amides is 2. The Labute approximate surface area is 223 Å². The third-order valence-electron chi connectivity index (χ3n) is 8.53. The van der Waals surface area contributed by atoms with Gasteiger partial charge < -0.3 is 25.3 Å². The molecule has 2 fully saturated rings. The van der Waals surface area contributed by atoms with Crippen molar-refractivity contribution in [1.29, 1.82) is 0 Å². The monoisotopic (exact) mass is 513 g/mol. The molecule has 1 aromatic heterocycles. The van der Waals surface area contributed by atoms with E-state index in [9.17, 15) is 9.59 Å². The molecule has 0 unspecified atom stereocenters. The van der Waals surface area contributed by atoms with E-state index in [1.165, 1.54) is 5.56 Å². The van der Waals surface area contributed by atoms with E-state index in [2.05, 4.69) is 43.7 Å². The number of nitrogens with one attached hydrogen (secondary N) is 3. The first-order chi connectivity index (χ1) is 18.6. The van der Waals surface area contributed by atoms with Crippen LogP contribution in [-0.2, 0) is 9.53 Å². The molecule has 2 amide bonds. The fourth-order valence-corrected chi connectivity index (χ4v) is 6.69. The van der Waals surface area contributed by atoms with Crippen molar-refractivity contribution in [2.75, 3.05) is 25.6 Å². The second kappa shape index (κ2) is 10.6. The minimum Gasteiger partial charge on any atom is -0.383 e. The third-order valence-corrected chi connectivity index (χ3v) is 8.53. The predicted octanol–water partition coefficient (Wildman–Crippen LogP) is 4.40. The number of aromatic nitrogens is 2. The Bertz CT molecular complexity index is 1280. The van der Waals surface area contributed by atoms with Crippen LogP contribution in [0.4, 0.5) is 5.69 Å². The molecule has 3 N–H and O–H groups in total. The van der Waals surface area contributed by atoms with Gasteiger partial charge in [-0.15, -0.1) is 0 Å². The molecule has 38 heavy (non-hydrogen) atoms. The SMILES string of the molecule is COC[C@@H]1Nc2ccccc2[C@H]2[C@@H]1CCN2C(=O)[C@H]1CCCC[C@H]1NC(=O)c1ccc(-c2ncc[nH]2)cc1. The number of rotatable bonds is 6. The molecule has 0 radical (unpaired) electrons. The molecule has 6 rings (SSSR count). The van der Waals surface area contributed by atoms with Gasteiger partial charge in [-0.1, -0.05) is 43.2 Å². The second-order valence-corrected chi connectivity index (χ2v) is 10.7. The van der Waals surface area contributed by atoms with Gasteiger partial charge in [0.25, 0.3) is 5.91 Å². The third kappa shape index (κ3) is 4.58. The highest BCUT2D eigenvalue weighted by Crippen LogP contribution is 2.47. The number of anilines is 1. The molecule has 5 atom stereocenters. The van der Waals surface area contributed by atoms with Gasteiger partial charge in [0, 0.05) is 54.8 Å². The van der Waals surface area contributed by atoms with Gasteiger partial charge in [-0.2, -0.15) is 0 Å². The van der Waals surface area contributed by atoms with Crippen molar-refractivity contribution >= 4 is 17.5 Å². The average Bonchev–Trinajstić information content (AvgIpc) is 3.65. The summed E-state index contributed by atoms with van der Waals surface area (Å²) in [6.45, 7) is 1.34. The van der Waals surface area contributed by atoms with Crippen molar-refractivity contribution in [2.45, 2.75) is 50.2 Å². The van der Waals surface area contributed by atoms with Crippen LogP contribution in [0, 0.1) is 11.8 Å². The summed E-state index contributed by atoms with van der Waals surface area (Å²) in [6.07, 6.45) is 8.07. The maximum absolute atomic E-state index is 14.1. The number of nitrogens with zero attached hydrogens (tertiary/aromatic N) is 2. The fraction of sp³-hybridized carbons (Fsp3) is 0.433. The Morgan fingerprint density at radius 3 is 2.68 bits per heavy atom. The van der Waals surface area contributed by atoms with Crippen LogP contribution < -0.4 is 10.6 Å². The van der Waals surface area contributed by atoms with Gasteiger partial charge in [-0.05, 0) is 43.0 Å². The summed E-state index contributed by atoms with van der Waals surface area (Å²) >= 11 is 0. The van der Waals surface area contributed by atoms with Crippen LogP contribution in [0.15, 0.2) is 60.9 Å². The Morgan fingerprint density at radius 2 is 1.89 bits per heavy atom. The Balaban J connectivity index is 1.20. The molecule has 2 aliphatic heterocycles. The van der Waals surface area contributed by atoms with Gasteiger partial charge in [0.2, 0.25) is 5.91 Å². The summed E-state index contributed by atoms with van der Waals surface area (Å²) < 4.78 is 5.53. The molecule has 0 bridgehead atoms. The summed E-state index contributed by atoms with van der Waals surface area (Å²) in [5.74, 6) is 0.900. The van der Waals surface area contributed by atoms with Crippen molar-refractivity contribution in [1.82, 2.24) is 20.2 Å². The summed E-state index contributed by atoms with van der Waals surface area (Å²) in [5, 5.41) is 6.87. The maximum atomic E-state index is 14.1. The molecule has 1 aliphatic carbocycles. The number of hydrogen-bond acceptors (Lipinski definition) is 5. The predicted molar refractivity (Wildman–Crippen MR) is 146 cm³/mol. The Kier molecular flexibility index (Phi) is 6.89. The molecule has 0 spiro atoms. The van der Waals surface area contributed by atoms with Crippen LogP contribution in [0.5, 0.6) is 0 Å². The van der Waals surface area contributed by atoms with Crippen molar-refractivity contribution < 1.29 is 14.3 Å². The number of likely N-dealkylation sites (tertiary alicyclic amines) is 1. The van der Waals surface area contributed by atoms with E-state index in [-0.39, 0.29) is 35.9 Å². The van der Waals surface area contributed by atoms with Crippen LogP contribution in [-0.4, -0.2) is 59.0 Å². The van der Waals surface area contributed by atoms with Gasteiger partial charge in [0.05, 0.1) is 24.6 Å². The summed E-state index contributed by atoms with van der Waals surface area (Å²) in [6, 6.07) is 15.8. The van der Waals surface area contributed by atoms with Crippen molar-refractivity contribution in [3.8, 4) is 11.4 Å². The van der Waals surface area contributed by atoms with Gasteiger partial charge in [0.15, 0.2) is 0 Å². The topological polar surface area (TPSA) is 99.3 Å². The first-order valence-corrected chi connectivity index (χ1v) is 13.7. The minimum absolute atomic E-state index is 0.0347. The van der Waals surface area contributed by atoms with E-state index in [0.717, 1.165) is 55.7 Å². The number of imidazole rings is 1. The Hall–Kier alpha value is -3.65. The molecule has 2 aromatic carbocycles. The zero-order chi connectivity index (χ0) is 26.1. The lowest BCUT2D eigenvalue weighted by atomic mass is 9.81. The molecule has 8 nitrogen and oxygen atoms in total. The lowest BCUT2D eigenvalue weighted by Gasteiger charge is -2.41. The fourth-order valence-electron chi connectivity index (χ4n) is 6.69. The van der Waals surface area contributed by atoms with Gasteiger partial charge in [-0.3, -0.25) is 9.59 Å². The quantitative estimate of drug-likeness (QED) is 0.454. The normalized spacial score (nSPS) is 26.2. The number of hydrogen-bond donors (Lipinski definition) is 3. The van der Waals surface area contributed by atoms with E-state index >= 15 is 0 Å². The lowest BCUT2D eigenvalue weighted by Crippen LogP contribution is -2.50. The highest BCUT2D eigenvalue weighted by molar-refractivity contribution is 5.95. The number of fused-ring (bicyclic) bond motifs is 3. The first-order valence-electron chi connectivity index (χ1n) is 13.7. The smallest absolute Gasteiger partial charge is 0.251 e. The van der Waals surface area contributed by atoms with E-state index in [1.54, 1.807) is 19.5 Å². The number of methoxy groups -OCH3 is 1. The largest absolute Gasteiger partial charge is 0.383 e. The van der Waals surface area contributed by atoms with Gasteiger partial charge >= 0.3 is 0 Å². The minimum atomic E-state index is -0.211. The molecule has 198 valence electrons. The number of carbonyl (C=O) groups is 2. The Morgan fingerprint density at radius 1 is 1.08 bits per heavy atom. The molecular formula is C30H35N5O3. The number of aromatic amines is 1. The standard InChI is InChI=1S/C30H35N5O3/c1-38-18-26-22-14-17-35(27(22)21-6-2-4-8-24(21)33-26)30(37)23-7-3-5-9-25(23)34-29(36)20-12-10-19(11-13-20)28-31-15-16-32-28/h2,4,6,8,10-13,15-16,22-23,25-27,33H,3,5,7,9,14,17-18H2,1H3,(H,31,32)(H,34,36)/t22-,23+,25-,26+,27+/m1/s1. The van der Waals surface area contributed by atoms with Crippen LogP contribution in [0.2, 0.25) is 0 Å². The second-order valence-electron chi connectivity index (χ2n) is 10.7. The van der Waals surface area contributed by atoms with Crippen LogP contribution in [0.3, 0.4) is 0 Å². The number of para-hydroxylation sites is 1. The number of ether oxygens (including phenoxy) is 1. The molecule has 8 heteroatoms. The van der Waals surface area contributed by atoms with Crippen molar-refractivity contribution in [3.05, 3.63) is 72.1 Å². The molecule has 1 saturated heterocycles. The first kappa shape index (κ1) is 24.7. The van der Waals surface area contributed by atoms with E-state index in [0.29, 0.717) is 18.1 Å². The number of benzene rings is 2. The number of H-pyrrole nitrogens is 1. The summed E-state index contributed by atoms with van der Waals surface area (Å²) in [4.78, 5) is 36.8. The van der Waals surface area contributed by atoms with Crippen molar-refractivity contribution in [3.63, 3.8) is 0 Å². The molecule has 1 saturated carbocycles. The van der Waals surface area contributed by atoms with Gasteiger partial charge in [-0.25, -0.2) is 4.98 Å². The van der Waals surface area contributed by atoms with E-state index in [1.807, 2.05) is 30.3 Å². The zero-order valence-corrected chi connectivity index (χ0v) is 21.7. The summed E-state index contributed by atoms with van der Waals surface area (Å²) in [7, 11) is 1.73. The zero-order valence-electron chi connectivity index (χ0n) is 21.7. The summed E-state index contributed by atoms with van der Waals surface area (Å²) in [5.41, 5.74) is 3.79. The number of carbonyl (C=O) groups excluding carboxylic acids is 2. The average molecular weight is 514 g/mol. The molecule has 3 heterocycles. The van der Waals surface area contributed by atoms with Crippen molar-refractivity contribution in [2.24, 2.45) is 11.8 Å². The van der Waals surface area contributed by atoms with Gasteiger partial charge in [0.1, 0.15) is 5.82 Å². The molecular weight excluding hydrogens is 478 g/mol. The molecule has 3 aliphatic rings. The highest BCUT2D eigenvalue weighted by atomic mass is 16.5. The molecule has 3 aromatic rings.